The number of carbonyl (C=O) groups is 1. The van der Waals surface area contributed by atoms with Crippen LogP contribution in [-0.4, -0.2) is 30.4 Å². The molecule has 3 N–H and O–H groups in total. The molecule has 9 heteroatoms. The number of anilines is 2. The number of nitrogens with zero attached hydrogens (tertiary/aromatic N) is 1. The van der Waals surface area contributed by atoms with Crippen LogP contribution in [0.2, 0.25) is 5.02 Å². The predicted octanol–water partition coefficient (Wildman–Crippen LogP) is 5.46. The van der Waals surface area contributed by atoms with E-state index in [0.29, 0.717) is 45.8 Å². The van der Waals surface area contributed by atoms with E-state index in [9.17, 15) is 4.79 Å². The predicted molar refractivity (Wildman–Crippen MR) is 124 cm³/mol. The summed E-state index contributed by atoms with van der Waals surface area (Å²) in [7, 11) is 3.08. The van der Waals surface area contributed by atoms with E-state index in [4.69, 9.17) is 25.8 Å². The maximum Gasteiger partial charge on any atom is 0.324 e. The van der Waals surface area contributed by atoms with E-state index < -0.39 is 6.03 Å². The Hall–Kier alpha value is -3.91. The molecule has 2 amide bonds. The summed E-state index contributed by atoms with van der Waals surface area (Å²) in [5.74, 6) is 2.12. The van der Waals surface area contributed by atoms with Gasteiger partial charge in [0, 0.05) is 39.9 Å². The van der Waals surface area contributed by atoms with Crippen LogP contribution in [0.15, 0.2) is 60.7 Å². The second kappa shape index (κ2) is 9.49. The Balaban J connectivity index is 1.48. The number of rotatable bonds is 7. The molecule has 1 aromatic heterocycles. The quantitative estimate of drug-likeness (QED) is 0.346. The summed E-state index contributed by atoms with van der Waals surface area (Å²) in [4.78, 5) is 12.6. The van der Waals surface area contributed by atoms with Crippen molar-refractivity contribution in [3.05, 3.63) is 71.2 Å². The van der Waals surface area contributed by atoms with Crippen molar-refractivity contribution in [2.24, 2.45) is 0 Å². The SMILES string of the molecule is COc1cc(NC(=O)Nc2n[nH]c3ccc(OCc4ccccc4Cl)cc23)cc(OC)c1. The number of hydrogen-bond donors (Lipinski definition) is 3. The minimum absolute atomic E-state index is 0.323. The van der Waals surface area contributed by atoms with Gasteiger partial charge in [0.15, 0.2) is 5.82 Å². The average molecular weight is 453 g/mol. The zero-order valence-corrected chi connectivity index (χ0v) is 18.2. The van der Waals surface area contributed by atoms with Gasteiger partial charge in [-0.25, -0.2) is 4.79 Å². The van der Waals surface area contributed by atoms with Crippen molar-refractivity contribution < 1.29 is 19.0 Å². The van der Waals surface area contributed by atoms with Gasteiger partial charge >= 0.3 is 6.03 Å². The fraction of sp³-hybridized carbons (Fsp3) is 0.130. The van der Waals surface area contributed by atoms with E-state index in [2.05, 4.69) is 20.8 Å². The largest absolute Gasteiger partial charge is 0.497 e. The molecule has 0 saturated carbocycles. The van der Waals surface area contributed by atoms with Crippen molar-refractivity contribution >= 4 is 40.0 Å². The van der Waals surface area contributed by atoms with Crippen LogP contribution in [0.1, 0.15) is 5.56 Å². The van der Waals surface area contributed by atoms with Crippen LogP contribution in [0.25, 0.3) is 10.9 Å². The third kappa shape index (κ3) is 4.87. The third-order valence-corrected chi connectivity index (χ3v) is 5.10. The number of halogens is 1. The summed E-state index contributed by atoms with van der Waals surface area (Å²) in [5.41, 5.74) is 2.16. The number of aromatic amines is 1. The molecule has 0 unspecified atom stereocenters. The molecular formula is C23H21ClN4O4. The highest BCUT2D eigenvalue weighted by atomic mass is 35.5. The van der Waals surface area contributed by atoms with Gasteiger partial charge in [0.05, 0.1) is 19.7 Å². The first-order valence-electron chi connectivity index (χ1n) is 9.71. The smallest absolute Gasteiger partial charge is 0.324 e. The van der Waals surface area contributed by atoms with Gasteiger partial charge in [-0.2, -0.15) is 5.10 Å². The highest BCUT2D eigenvalue weighted by Gasteiger charge is 2.12. The highest BCUT2D eigenvalue weighted by molar-refractivity contribution is 6.31. The molecule has 32 heavy (non-hydrogen) atoms. The van der Waals surface area contributed by atoms with Gasteiger partial charge < -0.3 is 19.5 Å². The van der Waals surface area contributed by atoms with Gasteiger partial charge in [0.2, 0.25) is 0 Å². The van der Waals surface area contributed by atoms with E-state index in [1.54, 1.807) is 38.5 Å². The number of benzene rings is 3. The number of H-pyrrole nitrogens is 1. The van der Waals surface area contributed by atoms with Crippen LogP contribution in [-0.2, 0) is 6.61 Å². The fourth-order valence-corrected chi connectivity index (χ4v) is 3.29. The molecule has 0 fully saturated rings. The van der Waals surface area contributed by atoms with Gasteiger partial charge in [-0.1, -0.05) is 29.8 Å². The lowest BCUT2D eigenvalue weighted by molar-refractivity contribution is 0.262. The van der Waals surface area contributed by atoms with Gasteiger partial charge in [-0.05, 0) is 24.3 Å². The van der Waals surface area contributed by atoms with E-state index in [1.165, 1.54) is 0 Å². The monoisotopic (exact) mass is 452 g/mol. The molecule has 0 spiro atoms. The molecular weight excluding hydrogens is 432 g/mol. The molecule has 0 aliphatic heterocycles. The molecule has 4 aromatic rings. The first kappa shape index (κ1) is 21.3. The molecule has 0 radical (unpaired) electrons. The van der Waals surface area contributed by atoms with Crippen molar-refractivity contribution in [2.45, 2.75) is 6.61 Å². The topological polar surface area (TPSA) is 97.5 Å². The lowest BCUT2D eigenvalue weighted by Crippen LogP contribution is -2.19. The Kier molecular flexibility index (Phi) is 6.32. The molecule has 0 aliphatic rings. The summed E-state index contributed by atoms with van der Waals surface area (Å²) in [6.45, 7) is 0.323. The van der Waals surface area contributed by atoms with Crippen LogP contribution < -0.4 is 24.8 Å². The zero-order valence-electron chi connectivity index (χ0n) is 17.4. The molecule has 1 heterocycles. The molecule has 0 saturated heterocycles. The molecule has 4 rings (SSSR count). The molecule has 0 atom stereocenters. The second-order valence-electron chi connectivity index (χ2n) is 6.84. The maximum atomic E-state index is 12.6. The van der Waals surface area contributed by atoms with Gasteiger partial charge in [0.25, 0.3) is 0 Å². The van der Waals surface area contributed by atoms with Crippen molar-refractivity contribution in [1.29, 1.82) is 0 Å². The third-order valence-electron chi connectivity index (χ3n) is 4.73. The lowest BCUT2D eigenvalue weighted by atomic mass is 10.2. The van der Waals surface area contributed by atoms with Gasteiger partial charge in [-0.3, -0.25) is 10.4 Å². The number of fused-ring (bicyclic) bond motifs is 1. The average Bonchev–Trinajstić information content (AvgIpc) is 3.20. The van der Waals surface area contributed by atoms with Crippen molar-refractivity contribution in [2.75, 3.05) is 24.9 Å². The van der Waals surface area contributed by atoms with Crippen LogP contribution in [0.4, 0.5) is 16.3 Å². The van der Waals surface area contributed by atoms with E-state index in [-0.39, 0.29) is 0 Å². The normalized spacial score (nSPS) is 10.6. The highest BCUT2D eigenvalue weighted by Crippen LogP contribution is 2.28. The Morgan fingerprint density at radius 2 is 1.72 bits per heavy atom. The standard InChI is InChI=1S/C23H21ClN4O4/c1-30-17-9-15(10-18(11-17)31-2)25-23(29)26-22-19-12-16(7-8-21(19)27-28-22)32-13-14-5-3-4-6-20(14)24/h3-12H,13H2,1-2H3,(H3,25,26,27,28,29). The summed E-state index contributed by atoms with van der Waals surface area (Å²) < 4.78 is 16.3. The summed E-state index contributed by atoms with van der Waals surface area (Å²) in [6.07, 6.45) is 0. The number of ether oxygens (including phenoxy) is 3. The van der Waals surface area contributed by atoms with E-state index in [0.717, 1.165) is 11.1 Å². The van der Waals surface area contributed by atoms with E-state index in [1.807, 2.05) is 36.4 Å². The molecule has 164 valence electrons. The van der Waals surface area contributed by atoms with Crippen LogP contribution in [0, 0.1) is 0 Å². The first-order valence-corrected chi connectivity index (χ1v) is 10.1. The Morgan fingerprint density at radius 1 is 0.969 bits per heavy atom. The molecule has 0 bridgehead atoms. The maximum absolute atomic E-state index is 12.6. The Morgan fingerprint density at radius 3 is 2.44 bits per heavy atom. The first-order chi connectivity index (χ1) is 15.6. The van der Waals surface area contributed by atoms with Gasteiger partial charge in [0.1, 0.15) is 23.9 Å². The molecule has 8 nitrogen and oxygen atoms in total. The van der Waals surface area contributed by atoms with Crippen LogP contribution >= 0.6 is 11.6 Å². The minimum Gasteiger partial charge on any atom is -0.497 e. The Bertz CT molecular complexity index is 1240. The zero-order chi connectivity index (χ0) is 22.5. The number of hydrogen-bond acceptors (Lipinski definition) is 5. The lowest BCUT2D eigenvalue weighted by Gasteiger charge is -2.10. The van der Waals surface area contributed by atoms with Crippen molar-refractivity contribution in [3.63, 3.8) is 0 Å². The number of nitrogens with one attached hydrogen (secondary N) is 3. The molecule has 0 aliphatic carbocycles. The number of carbonyl (C=O) groups excluding carboxylic acids is 1. The minimum atomic E-state index is -0.462. The number of urea groups is 1. The Labute approximate surface area is 189 Å². The second-order valence-corrected chi connectivity index (χ2v) is 7.25. The number of aromatic nitrogens is 2. The molecule has 3 aromatic carbocycles. The van der Waals surface area contributed by atoms with Crippen LogP contribution in [0.3, 0.4) is 0 Å². The van der Waals surface area contributed by atoms with E-state index >= 15 is 0 Å². The summed E-state index contributed by atoms with van der Waals surface area (Å²) >= 11 is 6.19. The van der Waals surface area contributed by atoms with Crippen molar-refractivity contribution in [1.82, 2.24) is 10.2 Å². The fourth-order valence-electron chi connectivity index (χ4n) is 3.10. The number of methoxy groups -OCH3 is 2. The summed E-state index contributed by atoms with van der Waals surface area (Å²) in [5, 5.41) is 13.9. The number of amides is 2. The summed E-state index contributed by atoms with van der Waals surface area (Å²) in [6, 6.07) is 17.6. The van der Waals surface area contributed by atoms with Gasteiger partial charge in [-0.15, -0.1) is 0 Å². The van der Waals surface area contributed by atoms with Crippen molar-refractivity contribution in [3.8, 4) is 17.2 Å². The van der Waals surface area contributed by atoms with Crippen LogP contribution in [0.5, 0.6) is 17.2 Å².